The van der Waals surface area contributed by atoms with E-state index in [1.165, 1.54) is 8.61 Å². The Morgan fingerprint density at radius 3 is 2.35 bits per heavy atom. The lowest BCUT2D eigenvalue weighted by Crippen LogP contribution is -2.49. The van der Waals surface area contributed by atoms with Crippen LogP contribution < -0.4 is 0 Å². The molecule has 1 rings (SSSR count). The van der Waals surface area contributed by atoms with Gasteiger partial charge >= 0.3 is 0 Å². The normalized spacial score (nSPS) is 21.5. The molecule has 0 amide bonds. The van der Waals surface area contributed by atoms with Gasteiger partial charge in [0.2, 0.25) is 0 Å². The van der Waals surface area contributed by atoms with Crippen LogP contribution in [0.25, 0.3) is 0 Å². The molecule has 1 fully saturated rings. The summed E-state index contributed by atoms with van der Waals surface area (Å²) in [5.74, 6) is 0.745. The van der Waals surface area contributed by atoms with E-state index in [1.807, 2.05) is 0 Å². The lowest BCUT2D eigenvalue weighted by atomic mass is 10.0. The minimum atomic E-state index is -3.46. The standard InChI is InChI=1S/C12H25ClN2O4S/c1-18-8-6-14(7-9-19-2)20(16,17)15-5-3-4-12(10-13)11-15/h12H,3-11H2,1-2H3. The number of halogens is 1. The van der Waals surface area contributed by atoms with Crippen LogP contribution in [0.1, 0.15) is 12.8 Å². The minimum absolute atomic E-state index is 0.242. The molecular weight excluding hydrogens is 304 g/mol. The van der Waals surface area contributed by atoms with E-state index >= 15 is 0 Å². The molecule has 0 spiro atoms. The molecule has 0 bridgehead atoms. The predicted octanol–water partition coefficient (Wildman–Crippen LogP) is 0.777. The third-order valence-corrected chi connectivity index (χ3v) is 5.88. The average Bonchev–Trinajstić information content (AvgIpc) is 2.47. The van der Waals surface area contributed by atoms with Gasteiger partial charge in [-0.3, -0.25) is 0 Å². The van der Waals surface area contributed by atoms with E-state index in [2.05, 4.69) is 0 Å². The van der Waals surface area contributed by atoms with Crippen LogP contribution in [0.2, 0.25) is 0 Å². The van der Waals surface area contributed by atoms with Crippen LogP contribution in [-0.4, -0.2) is 76.5 Å². The number of methoxy groups -OCH3 is 2. The first kappa shape index (κ1) is 18.1. The summed E-state index contributed by atoms with van der Waals surface area (Å²) in [6.45, 7) is 2.48. The van der Waals surface area contributed by atoms with Crippen molar-refractivity contribution < 1.29 is 17.9 Å². The number of hydrogen-bond donors (Lipinski definition) is 0. The topological polar surface area (TPSA) is 59.1 Å². The second-order valence-electron chi connectivity index (χ2n) is 4.91. The van der Waals surface area contributed by atoms with Gasteiger partial charge in [-0.05, 0) is 18.8 Å². The van der Waals surface area contributed by atoms with Crippen molar-refractivity contribution in [2.45, 2.75) is 12.8 Å². The Morgan fingerprint density at radius 2 is 1.85 bits per heavy atom. The Balaban J connectivity index is 2.73. The molecule has 1 heterocycles. The molecule has 0 aliphatic carbocycles. The molecule has 1 aliphatic rings. The number of ether oxygens (including phenoxy) is 2. The summed E-state index contributed by atoms with van der Waals surface area (Å²) in [6.07, 6.45) is 1.85. The maximum atomic E-state index is 12.7. The molecule has 1 unspecified atom stereocenters. The number of nitrogens with zero attached hydrogens (tertiary/aromatic N) is 2. The van der Waals surface area contributed by atoms with Crippen LogP contribution >= 0.6 is 11.6 Å². The summed E-state index contributed by atoms with van der Waals surface area (Å²) in [4.78, 5) is 0. The van der Waals surface area contributed by atoms with Crippen LogP contribution in [0.5, 0.6) is 0 Å². The molecule has 0 aromatic rings. The Kier molecular flexibility index (Phi) is 8.31. The number of alkyl halides is 1. The van der Waals surface area contributed by atoms with Crippen LogP contribution in [0.3, 0.4) is 0 Å². The van der Waals surface area contributed by atoms with Gasteiger partial charge in [-0.1, -0.05) is 0 Å². The Hall–Kier alpha value is 0.0800. The first-order valence-corrected chi connectivity index (χ1v) is 8.78. The van der Waals surface area contributed by atoms with Crippen LogP contribution in [-0.2, 0) is 19.7 Å². The second kappa shape index (κ2) is 9.17. The maximum Gasteiger partial charge on any atom is 0.282 e. The van der Waals surface area contributed by atoms with Gasteiger partial charge in [-0.15, -0.1) is 11.6 Å². The van der Waals surface area contributed by atoms with Gasteiger partial charge in [0.1, 0.15) is 0 Å². The van der Waals surface area contributed by atoms with Gasteiger partial charge < -0.3 is 9.47 Å². The van der Waals surface area contributed by atoms with Crippen molar-refractivity contribution in [3.8, 4) is 0 Å². The minimum Gasteiger partial charge on any atom is -0.383 e. The molecule has 120 valence electrons. The monoisotopic (exact) mass is 328 g/mol. The summed E-state index contributed by atoms with van der Waals surface area (Å²) in [5, 5.41) is 0. The molecule has 1 saturated heterocycles. The first-order valence-electron chi connectivity index (χ1n) is 6.85. The highest BCUT2D eigenvalue weighted by Gasteiger charge is 2.33. The number of rotatable bonds is 9. The zero-order chi connectivity index (χ0) is 15.0. The van der Waals surface area contributed by atoms with Gasteiger partial charge in [-0.25, -0.2) is 0 Å². The van der Waals surface area contributed by atoms with E-state index in [0.29, 0.717) is 45.3 Å². The third kappa shape index (κ3) is 5.13. The maximum absolute atomic E-state index is 12.7. The van der Waals surface area contributed by atoms with Crippen LogP contribution in [0.15, 0.2) is 0 Å². The molecule has 0 aromatic heterocycles. The molecule has 8 heteroatoms. The molecule has 1 atom stereocenters. The van der Waals surface area contributed by atoms with E-state index in [9.17, 15) is 8.42 Å². The van der Waals surface area contributed by atoms with Gasteiger partial charge in [0, 0.05) is 46.3 Å². The quantitative estimate of drug-likeness (QED) is 0.587. The first-order chi connectivity index (χ1) is 9.56. The third-order valence-electron chi connectivity index (χ3n) is 3.44. The van der Waals surface area contributed by atoms with E-state index < -0.39 is 10.2 Å². The highest BCUT2D eigenvalue weighted by atomic mass is 35.5. The fourth-order valence-corrected chi connectivity index (χ4v) is 4.20. The summed E-state index contributed by atoms with van der Waals surface area (Å²) >= 11 is 5.87. The van der Waals surface area contributed by atoms with Gasteiger partial charge in [-0.2, -0.15) is 17.0 Å². The van der Waals surface area contributed by atoms with Crippen molar-refractivity contribution in [3.05, 3.63) is 0 Å². The summed E-state index contributed by atoms with van der Waals surface area (Å²) in [7, 11) is -0.341. The predicted molar refractivity (Wildman–Crippen MR) is 79.3 cm³/mol. The Bertz CT molecular complexity index is 358. The van der Waals surface area contributed by atoms with E-state index in [0.717, 1.165) is 12.8 Å². The molecular formula is C12H25ClN2O4S. The average molecular weight is 329 g/mol. The van der Waals surface area contributed by atoms with Crippen molar-refractivity contribution in [2.75, 3.05) is 59.5 Å². The highest BCUT2D eigenvalue weighted by Crippen LogP contribution is 2.21. The van der Waals surface area contributed by atoms with Crippen molar-refractivity contribution in [2.24, 2.45) is 5.92 Å². The van der Waals surface area contributed by atoms with Crippen LogP contribution in [0.4, 0.5) is 0 Å². The van der Waals surface area contributed by atoms with Gasteiger partial charge in [0.15, 0.2) is 0 Å². The summed E-state index contributed by atoms with van der Waals surface area (Å²) in [6, 6.07) is 0. The van der Waals surface area contributed by atoms with E-state index in [-0.39, 0.29) is 5.92 Å². The Morgan fingerprint density at radius 1 is 1.25 bits per heavy atom. The largest absolute Gasteiger partial charge is 0.383 e. The number of piperidine rings is 1. The second-order valence-corrected chi connectivity index (χ2v) is 7.15. The summed E-state index contributed by atoms with van der Waals surface area (Å²) < 4.78 is 38.3. The van der Waals surface area contributed by atoms with Crippen molar-refractivity contribution in [1.82, 2.24) is 8.61 Å². The molecule has 0 N–H and O–H groups in total. The zero-order valence-corrected chi connectivity index (χ0v) is 13.8. The van der Waals surface area contributed by atoms with Gasteiger partial charge in [0.25, 0.3) is 10.2 Å². The molecule has 0 saturated carbocycles. The molecule has 0 aromatic carbocycles. The van der Waals surface area contributed by atoms with Crippen molar-refractivity contribution in [1.29, 1.82) is 0 Å². The smallest absolute Gasteiger partial charge is 0.282 e. The SMILES string of the molecule is COCCN(CCOC)S(=O)(=O)N1CCCC(CCl)C1. The lowest BCUT2D eigenvalue weighted by Gasteiger charge is -2.34. The van der Waals surface area contributed by atoms with Crippen molar-refractivity contribution in [3.63, 3.8) is 0 Å². The molecule has 6 nitrogen and oxygen atoms in total. The lowest BCUT2D eigenvalue weighted by molar-refractivity contribution is 0.144. The fourth-order valence-electron chi connectivity index (χ4n) is 2.25. The van der Waals surface area contributed by atoms with E-state index in [1.54, 1.807) is 14.2 Å². The fraction of sp³-hybridized carbons (Fsp3) is 1.00. The van der Waals surface area contributed by atoms with Gasteiger partial charge in [0.05, 0.1) is 13.2 Å². The van der Waals surface area contributed by atoms with Crippen LogP contribution in [0, 0.1) is 5.92 Å². The Labute approximate surface area is 127 Å². The zero-order valence-electron chi connectivity index (χ0n) is 12.3. The van der Waals surface area contributed by atoms with E-state index in [4.69, 9.17) is 21.1 Å². The number of hydrogen-bond acceptors (Lipinski definition) is 4. The molecule has 20 heavy (non-hydrogen) atoms. The summed E-state index contributed by atoms with van der Waals surface area (Å²) in [5.41, 5.74) is 0. The highest BCUT2D eigenvalue weighted by molar-refractivity contribution is 7.86. The molecule has 0 radical (unpaired) electrons. The molecule has 1 aliphatic heterocycles. The van der Waals surface area contributed by atoms with Crippen molar-refractivity contribution >= 4 is 21.8 Å².